The number of urea groups is 1. The van der Waals surface area contributed by atoms with Gasteiger partial charge in [-0.3, -0.25) is 5.32 Å². The lowest BCUT2D eigenvalue weighted by molar-refractivity contribution is -0.668. The van der Waals surface area contributed by atoms with E-state index in [9.17, 15) is 10.0 Å². The van der Waals surface area contributed by atoms with E-state index in [4.69, 9.17) is 22.1 Å². The van der Waals surface area contributed by atoms with Gasteiger partial charge in [-0.15, -0.1) is 0 Å². The number of amides is 2. The molecular formula is C12H13ClN6O3. The Morgan fingerprint density at radius 1 is 1.45 bits per heavy atom. The number of ether oxygens (including phenoxy) is 1. The summed E-state index contributed by atoms with van der Waals surface area (Å²) in [6, 6.07) is 4.10. The first-order valence-corrected chi connectivity index (χ1v) is 6.59. The molecule has 0 bridgehead atoms. The molecule has 1 aromatic heterocycles. The van der Waals surface area contributed by atoms with E-state index in [2.05, 4.69) is 20.7 Å². The number of rotatable bonds is 5. The van der Waals surface area contributed by atoms with E-state index >= 15 is 0 Å². The summed E-state index contributed by atoms with van der Waals surface area (Å²) >= 11 is 5.89. The second-order valence-electron chi connectivity index (χ2n) is 4.01. The summed E-state index contributed by atoms with van der Waals surface area (Å²) in [5.74, 6) is 0.277. The van der Waals surface area contributed by atoms with Crippen LogP contribution in [0.2, 0.25) is 5.02 Å². The number of halogens is 1. The van der Waals surface area contributed by atoms with Crippen molar-refractivity contribution in [3.05, 3.63) is 40.8 Å². The van der Waals surface area contributed by atoms with E-state index in [-0.39, 0.29) is 17.4 Å². The van der Waals surface area contributed by atoms with Crippen LogP contribution in [0.4, 0.5) is 16.4 Å². The van der Waals surface area contributed by atoms with Gasteiger partial charge in [-0.05, 0) is 18.2 Å². The second-order valence-corrected chi connectivity index (χ2v) is 4.45. The van der Waals surface area contributed by atoms with Crippen molar-refractivity contribution in [3.8, 4) is 5.75 Å². The van der Waals surface area contributed by atoms with E-state index in [0.717, 1.165) is 6.20 Å². The van der Waals surface area contributed by atoms with Gasteiger partial charge in [-0.25, -0.2) is 9.78 Å². The van der Waals surface area contributed by atoms with Gasteiger partial charge in [0.1, 0.15) is 12.4 Å². The third-order valence-corrected chi connectivity index (χ3v) is 2.61. The van der Waals surface area contributed by atoms with Crippen LogP contribution in [0.15, 0.2) is 30.6 Å². The highest BCUT2D eigenvalue weighted by molar-refractivity contribution is 6.31. The summed E-state index contributed by atoms with van der Waals surface area (Å²) in [6.07, 6.45) is 2.31. The molecule has 0 aliphatic carbocycles. The molecule has 1 aromatic carbocycles. The fourth-order valence-electron chi connectivity index (χ4n) is 1.52. The van der Waals surface area contributed by atoms with E-state index in [1.54, 1.807) is 12.1 Å². The summed E-state index contributed by atoms with van der Waals surface area (Å²) in [4.78, 5) is 15.9. The lowest BCUT2D eigenvalue weighted by atomic mass is 10.3. The Morgan fingerprint density at radius 3 is 3.00 bits per heavy atom. The fourth-order valence-corrected chi connectivity index (χ4v) is 1.69. The second kappa shape index (κ2) is 7.38. The summed E-state index contributed by atoms with van der Waals surface area (Å²) in [7, 11) is 0. The smallest absolute Gasteiger partial charge is 0.326 e. The lowest BCUT2D eigenvalue weighted by Gasteiger charge is -2.12. The van der Waals surface area contributed by atoms with Crippen molar-refractivity contribution in [2.75, 3.05) is 23.8 Å². The van der Waals surface area contributed by atoms with Gasteiger partial charge in [0.25, 0.3) is 5.95 Å². The number of carbonyl (C=O) groups is 1. The molecule has 0 aliphatic rings. The minimum Gasteiger partial charge on any atom is -0.594 e. The van der Waals surface area contributed by atoms with Crippen molar-refractivity contribution in [3.63, 3.8) is 0 Å². The standard InChI is InChI=1S/C12H13ClN6O3/c13-8-1-2-10(22-6-3-14)9(7-8)16-12(20)17-11-15-4-5-19(21)18-11/h1-2,4-5,7H,3,6,14H2,(H2,15,16,17,18,20). The Kier molecular flexibility index (Phi) is 5.28. The van der Waals surface area contributed by atoms with Gasteiger partial charge < -0.3 is 21.0 Å². The Labute approximate surface area is 130 Å². The topological polar surface area (TPSA) is 129 Å². The fraction of sp³-hybridized carbons (Fsp3) is 0.167. The maximum absolute atomic E-state index is 11.9. The largest absolute Gasteiger partial charge is 0.594 e. The van der Waals surface area contributed by atoms with Crippen LogP contribution in [0.25, 0.3) is 0 Å². The Bertz CT molecular complexity index is 669. The van der Waals surface area contributed by atoms with E-state index in [1.165, 1.54) is 12.3 Å². The molecule has 2 amide bonds. The normalized spacial score (nSPS) is 10.1. The zero-order chi connectivity index (χ0) is 15.9. The summed E-state index contributed by atoms with van der Waals surface area (Å²) in [5, 5.41) is 19.7. The molecule has 0 fully saturated rings. The van der Waals surface area contributed by atoms with Crippen molar-refractivity contribution >= 4 is 29.3 Å². The first kappa shape index (κ1) is 15.7. The molecule has 9 nitrogen and oxygen atoms in total. The van der Waals surface area contributed by atoms with Crippen LogP contribution in [-0.2, 0) is 0 Å². The van der Waals surface area contributed by atoms with Crippen molar-refractivity contribution in [1.82, 2.24) is 10.1 Å². The number of nitrogens with two attached hydrogens (primary N) is 1. The third-order valence-electron chi connectivity index (χ3n) is 2.37. The van der Waals surface area contributed by atoms with Crippen LogP contribution in [0.5, 0.6) is 5.75 Å². The predicted octanol–water partition coefficient (Wildman–Crippen LogP) is 0.745. The van der Waals surface area contributed by atoms with Gasteiger partial charge in [0.15, 0.2) is 0 Å². The van der Waals surface area contributed by atoms with Gasteiger partial charge in [-0.2, -0.15) is 0 Å². The predicted molar refractivity (Wildman–Crippen MR) is 79.6 cm³/mol. The first-order chi connectivity index (χ1) is 10.6. The third kappa shape index (κ3) is 4.43. The number of benzene rings is 1. The Morgan fingerprint density at radius 2 is 2.27 bits per heavy atom. The average Bonchev–Trinajstić information content (AvgIpc) is 2.46. The van der Waals surface area contributed by atoms with Crippen LogP contribution in [0.3, 0.4) is 0 Å². The number of aromatic nitrogens is 3. The highest BCUT2D eigenvalue weighted by Gasteiger charge is 2.11. The van der Waals surface area contributed by atoms with Crippen LogP contribution in [-0.4, -0.2) is 29.3 Å². The lowest BCUT2D eigenvalue weighted by Crippen LogP contribution is -2.33. The van der Waals surface area contributed by atoms with E-state index in [0.29, 0.717) is 23.0 Å². The molecule has 116 valence electrons. The van der Waals surface area contributed by atoms with Crippen molar-refractivity contribution in [2.24, 2.45) is 5.73 Å². The van der Waals surface area contributed by atoms with Gasteiger partial charge in [-0.1, -0.05) is 16.4 Å². The van der Waals surface area contributed by atoms with Gasteiger partial charge in [0.2, 0.25) is 6.20 Å². The van der Waals surface area contributed by atoms with Crippen molar-refractivity contribution in [1.29, 1.82) is 0 Å². The van der Waals surface area contributed by atoms with Gasteiger partial charge in [0.05, 0.1) is 17.0 Å². The molecule has 0 unspecified atom stereocenters. The highest BCUT2D eigenvalue weighted by Crippen LogP contribution is 2.28. The Hall–Kier alpha value is -2.65. The van der Waals surface area contributed by atoms with Gasteiger partial charge in [0, 0.05) is 11.6 Å². The number of nitrogens with one attached hydrogen (secondary N) is 2. The molecule has 0 radical (unpaired) electrons. The van der Waals surface area contributed by atoms with Crippen LogP contribution >= 0.6 is 11.6 Å². The zero-order valence-corrected chi connectivity index (χ0v) is 12.1. The number of hydrogen-bond donors (Lipinski definition) is 3. The number of anilines is 2. The number of nitrogens with zero attached hydrogens (tertiary/aromatic N) is 3. The van der Waals surface area contributed by atoms with Crippen LogP contribution in [0.1, 0.15) is 0 Å². The Balaban J connectivity index is 2.08. The molecule has 0 saturated carbocycles. The maximum Gasteiger partial charge on any atom is 0.326 e. The molecule has 4 N–H and O–H groups in total. The molecular weight excluding hydrogens is 312 g/mol. The molecule has 1 heterocycles. The van der Waals surface area contributed by atoms with Crippen LogP contribution < -0.4 is 25.9 Å². The van der Waals surface area contributed by atoms with Crippen molar-refractivity contribution in [2.45, 2.75) is 0 Å². The van der Waals surface area contributed by atoms with Gasteiger partial charge >= 0.3 is 6.03 Å². The summed E-state index contributed by atoms with van der Waals surface area (Å²) in [5.41, 5.74) is 5.73. The monoisotopic (exact) mass is 324 g/mol. The highest BCUT2D eigenvalue weighted by atomic mass is 35.5. The molecule has 22 heavy (non-hydrogen) atoms. The van der Waals surface area contributed by atoms with Crippen molar-refractivity contribution < 1.29 is 14.4 Å². The SMILES string of the molecule is NCCOc1ccc(Cl)cc1NC(=O)Nc1ncc[n+]([O-])n1. The zero-order valence-electron chi connectivity index (χ0n) is 11.3. The number of carbonyl (C=O) groups excluding carboxylic acids is 1. The molecule has 0 aliphatic heterocycles. The quantitative estimate of drug-likeness (QED) is 0.549. The summed E-state index contributed by atoms with van der Waals surface area (Å²) < 4.78 is 5.40. The molecule has 0 spiro atoms. The van der Waals surface area contributed by atoms with E-state index in [1.807, 2.05) is 0 Å². The number of hydrogen-bond acceptors (Lipinski definition) is 6. The summed E-state index contributed by atoms with van der Waals surface area (Å²) in [6.45, 7) is 0.617. The average molecular weight is 325 g/mol. The molecule has 2 rings (SSSR count). The first-order valence-electron chi connectivity index (χ1n) is 6.21. The molecule has 0 saturated heterocycles. The van der Waals surface area contributed by atoms with Crippen LogP contribution in [0, 0.1) is 5.21 Å². The minimum absolute atomic E-state index is 0.138. The molecule has 2 aromatic rings. The minimum atomic E-state index is -0.647. The molecule has 0 atom stereocenters. The molecule has 10 heteroatoms. The maximum atomic E-state index is 11.9. The van der Waals surface area contributed by atoms with E-state index < -0.39 is 6.03 Å².